The van der Waals surface area contributed by atoms with Gasteiger partial charge in [0.25, 0.3) is 0 Å². The van der Waals surface area contributed by atoms with Crippen LogP contribution in [-0.2, 0) is 9.53 Å². The molecule has 0 saturated carbocycles. The molecule has 0 aromatic heterocycles. The number of hydrogen-bond acceptors (Lipinski definition) is 2. The van der Waals surface area contributed by atoms with E-state index in [2.05, 4.69) is 24.8 Å². The average molecular weight is 216 g/mol. The molecule has 14 heavy (non-hydrogen) atoms. The van der Waals surface area contributed by atoms with E-state index in [0.717, 1.165) is 5.54 Å². The van der Waals surface area contributed by atoms with E-state index in [1.165, 1.54) is 33.3 Å². The fourth-order valence-corrected chi connectivity index (χ4v) is 4.31. The van der Waals surface area contributed by atoms with Gasteiger partial charge in [0.05, 0.1) is 15.2 Å². The van der Waals surface area contributed by atoms with E-state index in [1.54, 1.807) is 6.04 Å². The van der Waals surface area contributed by atoms with Crippen molar-refractivity contribution < 1.29 is 9.53 Å². The van der Waals surface area contributed by atoms with Crippen molar-refractivity contribution in [2.75, 3.05) is 7.11 Å². The minimum Gasteiger partial charge on any atom is -0.469 e. The molecular formula is C11H24O2Si. The normalized spacial score (nSPS) is 24.5. The Labute approximate surface area is 89.0 Å². The number of esters is 1. The number of hydrogen-bond donors (Lipinski definition) is 0. The van der Waals surface area contributed by atoms with E-state index in [-0.39, 0.29) is 5.97 Å². The maximum Gasteiger partial charge on any atom is 0.302 e. The third kappa shape index (κ3) is 5.42. The molecule has 1 fully saturated rings. The first-order chi connectivity index (χ1) is 6.40. The summed E-state index contributed by atoms with van der Waals surface area (Å²) >= 11 is 0. The van der Waals surface area contributed by atoms with Gasteiger partial charge in [-0.25, -0.2) is 0 Å². The molecule has 0 amide bonds. The van der Waals surface area contributed by atoms with E-state index in [1.807, 2.05) is 0 Å². The fourth-order valence-electron chi connectivity index (χ4n) is 1.67. The molecule has 0 aromatic carbocycles. The summed E-state index contributed by atoms with van der Waals surface area (Å²) in [7, 11) is 0.656. The Morgan fingerprint density at radius 1 is 1.36 bits per heavy atom. The molecule has 0 aromatic rings. The Hall–Kier alpha value is -0.313. The molecule has 3 heteroatoms. The van der Waals surface area contributed by atoms with Crippen LogP contribution in [0.1, 0.15) is 33.1 Å². The minimum absolute atomic E-state index is 0.245. The van der Waals surface area contributed by atoms with E-state index in [0.29, 0.717) is 0 Å². The van der Waals surface area contributed by atoms with Crippen LogP contribution in [0.2, 0.25) is 24.7 Å². The summed E-state index contributed by atoms with van der Waals surface area (Å²) in [5.74, 6) is -0.245. The Balaban J connectivity index is 0.000000292. The molecule has 1 aliphatic rings. The van der Waals surface area contributed by atoms with Crippen molar-refractivity contribution in [1.29, 1.82) is 0 Å². The maximum absolute atomic E-state index is 9.59. The molecule has 1 heterocycles. The first-order valence-corrected chi connectivity index (χ1v) is 8.73. The minimum atomic E-state index is -0.694. The zero-order valence-electron chi connectivity index (χ0n) is 10.2. The molecule has 1 saturated heterocycles. The van der Waals surface area contributed by atoms with Gasteiger partial charge in [-0.05, 0) is 5.54 Å². The Kier molecular flexibility index (Phi) is 6.08. The molecule has 0 spiro atoms. The molecule has 1 unspecified atom stereocenters. The summed E-state index contributed by atoms with van der Waals surface area (Å²) in [5, 5.41) is 0. The van der Waals surface area contributed by atoms with Crippen LogP contribution in [-0.4, -0.2) is 21.2 Å². The predicted molar refractivity (Wildman–Crippen MR) is 63.3 cm³/mol. The van der Waals surface area contributed by atoms with Crippen LogP contribution < -0.4 is 0 Å². The lowest BCUT2D eigenvalue weighted by atomic mass is 10.2. The van der Waals surface area contributed by atoms with Crippen LogP contribution in [0.3, 0.4) is 0 Å². The Bertz CT molecular complexity index is 178. The van der Waals surface area contributed by atoms with Crippen LogP contribution in [0.15, 0.2) is 0 Å². The summed E-state index contributed by atoms with van der Waals surface area (Å²) < 4.78 is 4.11. The lowest BCUT2D eigenvalue weighted by Crippen LogP contribution is -2.33. The van der Waals surface area contributed by atoms with Crippen LogP contribution in [0, 0.1) is 0 Å². The summed E-state index contributed by atoms with van der Waals surface area (Å²) in [6.45, 7) is 8.89. The second-order valence-corrected chi connectivity index (χ2v) is 10.3. The Morgan fingerprint density at radius 2 is 1.86 bits per heavy atom. The molecule has 1 atom stereocenters. The quantitative estimate of drug-likeness (QED) is 0.458. The molecule has 0 bridgehead atoms. The largest absolute Gasteiger partial charge is 0.469 e. The van der Waals surface area contributed by atoms with E-state index in [4.69, 9.17) is 0 Å². The zero-order valence-corrected chi connectivity index (χ0v) is 11.2. The average Bonchev–Trinajstić information content (AvgIpc) is 2.11. The summed E-state index contributed by atoms with van der Waals surface area (Å²) in [6.07, 6.45) is 4.53. The van der Waals surface area contributed by atoms with Gasteiger partial charge >= 0.3 is 5.97 Å². The SMILES string of the molecule is CC1CCCC[Si]1(C)C.COC(C)=O. The monoisotopic (exact) mass is 216 g/mol. The first-order valence-electron chi connectivity index (χ1n) is 5.44. The summed E-state index contributed by atoms with van der Waals surface area (Å²) in [5.41, 5.74) is 1.09. The van der Waals surface area contributed by atoms with Crippen molar-refractivity contribution in [3.8, 4) is 0 Å². The van der Waals surface area contributed by atoms with Crippen molar-refractivity contribution in [2.45, 2.75) is 57.8 Å². The predicted octanol–water partition coefficient (Wildman–Crippen LogP) is 3.45. The Morgan fingerprint density at radius 3 is 2.07 bits per heavy atom. The van der Waals surface area contributed by atoms with Crippen molar-refractivity contribution in [3.05, 3.63) is 0 Å². The van der Waals surface area contributed by atoms with E-state index < -0.39 is 8.07 Å². The van der Waals surface area contributed by atoms with Gasteiger partial charge in [0.15, 0.2) is 0 Å². The van der Waals surface area contributed by atoms with Gasteiger partial charge in [-0.2, -0.15) is 0 Å². The molecule has 1 aliphatic heterocycles. The van der Waals surface area contributed by atoms with Crippen LogP contribution in [0.25, 0.3) is 0 Å². The second-order valence-electron chi connectivity index (χ2n) is 4.83. The summed E-state index contributed by atoms with van der Waals surface area (Å²) in [6, 6.07) is 1.58. The lowest BCUT2D eigenvalue weighted by Gasteiger charge is -2.34. The highest BCUT2D eigenvalue weighted by Crippen LogP contribution is 2.36. The van der Waals surface area contributed by atoms with Gasteiger partial charge in [0.1, 0.15) is 0 Å². The number of carbonyl (C=O) groups is 1. The molecule has 0 aliphatic carbocycles. The number of carbonyl (C=O) groups excluding carboxylic acids is 1. The number of ether oxygens (including phenoxy) is 1. The molecule has 1 rings (SSSR count). The van der Waals surface area contributed by atoms with Gasteiger partial charge < -0.3 is 4.74 Å². The number of methoxy groups -OCH3 is 1. The standard InChI is InChI=1S/C8H18Si.C3H6O2/c1-8-6-4-5-7-9(8,2)3;1-3(4)5-2/h8H,4-7H2,1-3H3;1-2H3. The van der Waals surface area contributed by atoms with Gasteiger partial charge in [0.2, 0.25) is 0 Å². The van der Waals surface area contributed by atoms with Crippen molar-refractivity contribution in [1.82, 2.24) is 0 Å². The van der Waals surface area contributed by atoms with Gasteiger partial charge in [0, 0.05) is 6.92 Å². The number of rotatable bonds is 0. The molecular weight excluding hydrogens is 192 g/mol. The first kappa shape index (κ1) is 13.7. The smallest absolute Gasteiger partial charge is 0.302 e. The zero-order chi connectivity index (χ0) is 11.2. The van der Waals surface area contributed by atoms with Crippen molar-refractivity contribution in [2.24, 2.45) is 0 Å². The topological polar surface area (TPSA) is 26.3 Å². The highest BCUT2D eigenvalue weighted by Gasteiger charge is 2.30. The van der Waals surface area contributed by atoms with Crippen LogP contribution in [0.5, 0.6) is 0 Å². The molecule has 0 N–H and O–H groups in total. The van der Waals surface area contributed by atoms with Gasteiger partial charge in [-0.15, -0.1) is 0 Å². The van der Waals surface area contributed by atoms with Gasteiger partial charge in [-0.3, -0.25) is 4.79 Å². The molecule has 0 radical (unpaired) electrons. The third-order valence-corrected chi connectivity index (χ3v) is 7.93. The second kappa shape index (κ2) is 6.22. The maximum atomic E-state index is 9.59. The molecule has 84 valence electrons. The third-order valence-electron chi connectivity index (χ3n) is 3.33. The highest BCUT2D eigenvalue weighted by molar-refractivity contribution is 6.78. The fraction of sp³-hybridized carbons (Fsp3) is 0.909. The van der Waals surface area contributed by atoms with Crippen LogP contribution in [0.4, 0.5) is 0 Å². The molecule has 2 nitrogen and oxygen atoms in total. The highest BCUT2D eigenvalue weighted by atomic mass is 28.3. The van der Waals surface area contributed by atoms with Crippen LogP contribution >= 0.6 is 0 Å². The van der Waals surface area contributed by atoms with E-state index in [9.17, 15) is 4.79 Å². The van der Waals surface area contributed by atoms with Crippen molar-refractivity contribution >= 4 is 14.0 Å². The van der Waals surface area contributed by atoms with E-state index >= 15 is 0 Å². The van der Waals surface area contributed by atoms with Gasteiger partial charge in [-0.1, -0.05) is 45.3 Å². The lowest BCUT2D eigenvalue weighted by molar-refractivity contribution is -0.137. The summed E-state index contributed by atoms with van der Waals surface area (Å²) in [4.78, 5) is 9.59. The van der Waals surface area contributed by atoms with Crippen molar-refractivity contribution in [3.63, 3.8) is 0 Å².